The van der Waals surface area contributed by atoms with Gasteiger partial charge in [0.15, 0.2) is 0 Å². The molecule has 0 unspecified atom stereocenters. The monoisotopic (exact) mass is 281 g/mol. The first-order valence-electron chi connectivity index (χ1n) is 6.56. The normalized spacial score (nSPS) is 11.0. The number of aryl methyl sites for hydroxylation is 1. The number of nitrogens with zero attached hydrogens (tertiary/aromatic N) is 2. The van der Waals surface area contributed by atoms with Gasteiger partial charge in [0.2, 0.25) is 0 Å². The maximum atomic E-state index is 12.5. The molecule has 0 saturated heterocycles. The Bertz CT molecular complexity index is 919. The zero-order valence-corrected chi connectivity index (χ0v) is 11.8. The fourth-order valence-electron chi connectivity index (χ4n) is 2.51. The number of aromatic hydroxyl groups is 1. The Hall–Kier alpha value is -2.82. The molecule has 106 valence electrons. The Morgan fingerprint density at radius 1 is 1.14 bits per heavy atom. The van der Waals surface area contributed by atoms with Crippen molar-refractivity contribution in [1.82, 2.24) is 9.13 Å². The van der Waals surface area contributed by atoms with Crippen LogP contribution in [0.2, 0.25) is 0 Å². The fourth-order valence-corrected chi connectivity index (χ4v) is 2.51. The van der Waals surface area contributed by atoms with Crippen LogP contribution in [0, 0.1) is 5.41 Å². The van der Waals surface area contributed by atoms with Crippen molar-refractivity contribution in [3.8, 4) is 11.4 Å². The van der Waals surface area contributed by atoms with Gasteiger partial charge in [-0.2, -0.15) is 0 Å². The number of imidazole rings is 1. The van der Waals surface area contributed by atoms with E-state index in [4.69, 9.17) is 5.41 Å². The van der Waals surface area contributed by atoms with Crippen molar-refractivity contribution in [3.63, 3.8) is 0 Å². The van der Waals surface area contributed by atoms with Gasteiger partial charge in [0.25, 0.3) is 0 Å². The van der Waals surface area contributed by atoms with E-state index in [0.29, 0.717) is 11.3 Å². The molecule has 2 aromatic carbocycles. The molecule has 1 aromatic heterocycles. The van der Waals surface area contributed by atoms with Crippen LogP contribution in [0.15, 0.2) is 47.3 Å². The van der Waals surface area contributed by atoms with E-state index in [0.717, 1.165) is 11.0 Å². The molecule has 21 heavy (non-hydrogen) atoms. The largest absolute Gasteiger partial charge is 0.507 e. The molecule has 0 fully saturated rings. The third-order valence-corrected chi connectivity index (χ3v) is 3.60. The van der Waals surface area contributed by atoms with Gasteiger partial charge in [-0.25, -0.2) is 4.79 Å². The van der Waals surface area contributed by atoms with Gasteiger partial charge in [-0.05, 0) is 37.3 Å². The maximum Gasteiger partial charge on any atom is 0.333 e. The summed E-state index contributed by atoms with van der Waals surface area (Å²) in [5.41, 5.74) is 2.79. The lowest BCUT2D eigenvalue weighted by atomic mass is 10.1. The van der Waals surface area contributed by atoms with E-state index in [1.54, 1.807) is 35.2 Å². The highest BCUT2D eigenvalue weighted by molar-refractivity contribution is 5.99. The zero-order valence-electron chi connectivity index (χ0n) is 11.8. The average molecular weight is 281 g/mol. The third-order valence-electron chi connectivity index (χ3n) is 3.60. The molecule has 0 spiro atoms. The fraction of sp³-hybridized carbons (Fsp3) is 0.125. The minimum absolute atomic E-state index is 0.0412. The molecule has 3 rings (SSSR count). The van der Waals surface area contributed by atoms with Gasteiger partial charge in [0, 0.05) is 18.3 Å². The molecule has 5 nitrogen and oxygen atoms in total. The molecule has 2 N–H and O–H groups in total. The molecule has 0 aliphatic rings. The molecule has 0 saturated carbocycles. The summed E-state index contributed by atoms with van der Waals surface area (Å²) in [5, 5.41) is 17.5. The molecule has 0 atom stereocenters. The summed E-state index contributed by atoms with van der Waals surface area (Å²) in [5.74, 6) is 0.0412. The van der Waals surface area contributed by atoms with E-state index in [1.807, 2.05) is 24.3 Å². The highest BCUT2D eigenvalue weighted by atomic mass is 16.3. The van der Waals surface area contributed by atoms with Crippen LogP contribution in [0.3, 0.4) is 0 Å². The van der Waals surface area contributed by atoms with Crippen LogP contribution in [0.5, 0.6) is 5.75 Å². The summed E-state index contributed by atoms with van der Waals surface area (Å²) >= 11 is 0. The van der Waals surface area contributed by atoms with E-state index < -0.39 is 0 Å². The standard InChI is InChI=1S/C16H15N3O2/c1-10(17)12-9-11(7-8-15(12)20)19-14-6-4-3-5-13(14)18(2)16(19)21/h3-9,17,20H,1-2H3. The van der Waals surface area contributed by atoms with Crippen molar-refractivity contribution in [3.05, 3.63) is 58.5 Å². The summed E-state index contributed by atoms with van der Waals surface area (Å²) in [6, 6.07) is 12.4. The van der Waals surface area contributed by atoms with Crippen molar-refractivity contribution in [2.45, 2.75) is 6.92 Å². The summed E-state index contributed by atoms with van der Waals surface area (Å²) in [6.07, 6.45) is 0. The molecule has 0 radical (unpaired) electrons. The van der Waals surface area contributed by atoms with Crippen molar-refractivity contribution in [2.75, 3.05) is 0 Å². The number of fused-ring (bicyclic) bond motifs is 1. The van der Waals surface area contributed by atoms with Crippen LogP contribution in [-0.2, 0) is 7.05 Å². The van der Waals surface area contributed by atoms with Gasteiger partial charge in [0.05, 0.1) is 16.7 Å². The van der Waals surface area contributed by atoms with E-state index in [2.05, 4.69) is 0 Å². The van der Waals surface area contributed by atoms with Crippen LogP contribution in [0.1, 0.15) is 12.5 Å². The first kappa shape index (κ1) is 13.2. The molecule has 5 heteroatoms. The second-order valence-corrected chi connectivity index (χ2v) is 4.99. The number of benzene rings is 2. The number of aromatic nitrogens is 2. The number of hydrogen-bond acceptors (Lipinski definition) is 3. The van der Waals surface area contributed by atoms with Crippen molar-refractivity contribution >= 4 is 16.7 Å². The van der Waals surface area contributed by atoms with Crippen molar-refractivity contribution in [2.24, 2.45) is 7.05 Å². The van der Waals surface area contributed by atoms with E-state index in [9.17, 15) is 9.90 Å². The lowest BCUT2D eigenvalue weighted by molar-refractivity contribution is 0.474. The molecule has 0 amide bonds. The number of para-hydroxylation sites is 2. The van der Waals surface area contributed by atoms with Gasteiger partial charge in [-0.1, -0.05) is 12.1 Å². The molecular weight excluding hydrogens is 266 g/mol. The molecule has 0 bridgehead atoms. The zero-order chi connectivity index (χ0) is 15.1. The van der Waals surface area contributed by atoms with Gasteiger partial charge in [-0.3, -0.25) is 9.13 Å². The maximum absolute atomic E-state index is 12.5. The van der Waals surface area contributed by atoms with Gasteiger partial charge >= 0.3 is 5.69 Å². The van der Waals surface area contributed by atoms with E-state index >= 15 is 0 Å². The SMILES string of the molecule is CC(=N)c1cc(-n2c(=O)n(C)c3ccccc32)ccc1O. The number of rotatable bonds is 2. The molecule has 0 aliphatic heterocycles. The van der Waals surface area contributed by atoms with Crippen LogP contribution < -0.4 is 5.69 Å². The topological polar surface area (TPSA) is 71.0 Å². The van der Waals surface area contributed by atoms with Crippen molar-refractivity contribution < 1.29 is 5.11 Å². The molecule has 3 aromatic rings. The van der Waals surface area contributed by atoms with Crippen LogP contribution in [-0.4, -0.2) is 20.0 Å². The molecule has 0 aliphatic carbocycles. The Kier molecular flexibility index (Phi) is 2.90. The summed E-state index contributed by atoms with van der Waals surface area (Å²) < 4.78 is 3.17. The highest BCUT2D eigenvalue weighted by Crippen LogP contribution is 2.23. The number of nitrogens with one attached hydrogen (secondary N) is 1. The van der Waals surface area contributed by atoms with E-state index in [-0.39, 0.29) is 17.2 Å². The Morgan fingerprint density at radius 3 is 2.48 bits per heavy atom. The second-order valence-electron chi connectivity index (χ2n) is 4.99. The summed E-state index contributed by atoms with van der Waals surface area (Å²) in [6.45, 7) is 1.60. The Balaban J connectivity index is 2.36. The highest BCUT2D eigenvalue weighted by Gasteiger charge is 2.13. The molecule has 1 heterocycles. The predicted molar refractivity (Wildman–Crippen MR) is 82.7 cm³/mol. The summed E-state index contributed by atoms with van der Waals surface area (Å²) in [7, 11) is 1.73. The average Bonchev–Trinajstić information content (AvgIpc) is 2.72. The van der Waals surface area contributed by atoms with Crippen LogP contribution >= 0.6 is 0 Å². The third kappa shape index (κ3) is 1.94. The number of phenolic OH excluding ortho intramolecular Hbond substituents is 1. The second kappa shape index (κ2) is 4.63. The van der Waals surface area contributed by atoms with Gasteiger partial charge in [0.1, 0.15) is 5.75 Å². The predicted octanol–water partition coefficient (Wildman–Crippen LogP) is 2.42. The minimum Gasteiger partial charge on any atom is -0.507 e. The Morgan fingerprint density at radius 2 is 1.81 bits per heavy atom. The summed E-state index contributed by atoms with van der Waals surface area (Å²) in [4.78, 5) is 12.5. The van der Waals surface area contributed by atoms with Crippen LogP contribution in [0.25, 0.3) is 16.7 Å². The first-order chi connectivity index (χ1) is 10.0. The first-order valence-corrected chi connectivity index (χ1v) is 6.56. The number of phenols is 1. The lowest BCUT2D eigenvalue weighted by Gasteiger charge is -2.08. The quantitative estimate of drug-likeness (QED) is 0.708. The van der Waals surface area contributed by atoms with Gasteiger partial charge < -0.3 is 10.5 Å². The Labute approximate surface area is 121 Å². The minimum atomic E-state index is -0.157. The van der Waals surface area contributed by atoms with E-state index in [1.165, 1.54) is 6.07 Å². The van der Waals surface area contributed by atoms with Crippen LogP contribution in [0.4, 0.5) is 0 Å². The smallest absolute Gasteiger partial charge is 0.333 e. The number of hydrogen-bond donors (Lipinski definition) is 2. The van der Waals surface area contributed by atoms with Gasteiger partial charge in [-0.15, -0.1) is 0 Å². The van der Waals surface area contributed by atoms with Crippen molar-refractivity contribution in [1.29, 1.82) is 5.41 Å². The molecular formula is C16H15N3O2. The lowest BCUT2D eigenvalue weighted by Crippen LogP contribution is -2.21.